The molecule has 3 heteroatoms. The van der Waals surface area contributed by atoms with E-state index >= 15 is 0 Å². The van der Waals surface area contributed by atoms with Crippen LogP contribution >= 0.6 is 15.9 Å². The zero-order chi connectivity index (χ0) is 13.8. The highest BCUT2D eigenvalue weighted by Gasteiger charge is 2.27. The quantitative estimate of drug-likeness (QED) is 0.830. The molecular weight excluding hydrogens is 302 g/mol. The van der Waals surface area contributed by atoms with Crippen LogP contribution in [0.15, 0.2) is 24.3 Å². The first kappa shape index (κ1) is 14.6. The van der Waals surface area contributed by atoms with E-state index in [1.165, 1.54) is 18.4 Å². The minimum Gasteiger partial charge on any atom is -0.349 e. The topological polar surface area (TPSA) is 29.1 Å². The minimum atomic E-state index is 0.0631. The summed E-state index contributed by atoms with van der Waals surface area (Å²) >= 11 is 3.54. The zero-order valence-electron chi connectivity index (χ0n) is 11.7. The van der Waals surface area contributed by atoms with E-state index in [-0.39, 0.29) is 5.91 Å². The fourth-order valence-electron chi connectivity index (χ4n) is 2.68. The Kier molecular flexibility index (Phi) is 5.03. The van der Waals surface area contributed by atoms with E-state index in [2.05, 4.69) is 47.2 Å². The van der Waals surface area contributed by atoms with Gasteiger partial charge >= 0.3 is 0 Å². The molecule has 0 aliphatic heterocycles. The number of amides is 1. The molecule has 0 aromatic heterocycles. The van der Waals surface area contributed by atoms with Crippen LogP contribution in [0.4, 0.5) is 0 Å². The van der Waals surface area contributed by atoms with E-state index < -0.39 is 0 Å². The number of halogens is 1. The van der Waals surface area contributed by atoms with Gasteiger partial charge in [-0.15, -0.1) is 0 Å². The maximum atomic E-state index is 12.2. The second-order valence-electron chi connectivity index (χ2n) is 5.70. The summed E-state index contributed by atoms with van der Waals surface area (Å²) in [5, 5.41) is 4.15. The van der Waals surface area contributed by atoms with Crippen LogP contribution in [0.3, 0.4) is 0 Å². The van der Waals surface area contributed by atoms with Gasteiger partial charge in [0, 0.05) is 16.9 Å². The third-order valence-corrected chi connectivity index (χ3v) is 4.84. The van der Waals surface area contributed by atoms with Crippen LogP contribution in [0.2, 0.25) is 0 Å². The number of benzene rings is 1. The third-order valence-electron chi connectivity index (χ3n) is 4.01. The zero-order valence-corrected chi connectivity index (χ0v) is 13.2. The van der Waals surface area contributed by atoms with E-state index in [1.807, 2.05) is 12.1 Å². The first-order valence-electron chi connectivity index (χ1n) is 7.08. The van der Waals surface area contributed by atoms with Gasteiger partial charge in [-0.05, 0) is 42.4 Å². The minimum absolute atomic E-state index is 0.0631. The predicted octanol–water partition coefficient (Wildman–Crippen LogP) is 4.10. The van der Waals surface area contributed by atoms with Crippen molar-refractivity contribution in [2.75, 3.05) is 5.33 Å². The van der Waals surface area contributed by atoms with Crippen LogP contribution in [0.1, 0.15) is 54.9 Å². The SMILES string of the molecule is CC(C)c1ccc(C(=O)NC2CCCC2CBr)cc1. The molecule has 2 atom stereocenters. The van der Waals surface area contributed by atoms with Gasteiger partial charge in [-0.25, -0.2) is 0 Å². The molecule has 2 nitrogen and oxygen atoms in total. The summed E-state index contributed by atoms with van der Waals surface area (Å²) in [7, 11) is 0. The molecule has 1 N–H and O–H groups in total. The number of alkyl halides is 1. The van der Waals surface area contributed by atoms with Crippen molar-refractivity contribution >= 4 is 21.8 Å². The Morgan fingerprint density at radius 3 is 2.58 bits per heavy atom. The van der Waals surface area contributed by atoms with Crippen LogP contribution in [-0.2, 0) is 0 Å². The first-order valence-corrected chi connectivity index (χ1v) is 8.20. The van der Waals surface area contributed by atoms with E-state index in [9.17, 15) is 4.79 Å². The Hall–Kier alpha value is -0.830. The lowest BCUT2D eigenvalue weighted by molar-refractivity contribution is 0.0930. The number of hydrogen-bond acceptors (Lipinski definition) is 1. The van der Waals surface area contributed by atoms with Gasteiger partial charge in [0.05, 0.1) is 0 Å². The number of carbonyl (C=O) groups excluding carboxylic acids is 1. The molecular formula is C16H22BrNO. The number of rotatable bonds is 4. The highest BCUT2D eigenvalue weighted by molar-refractivity contribution is 9.09. The fourth-order valence-corrected chi connectivity index (χ4v) is 3.46. The van der Waals surface area contributed by atoms with Crippen LogP contribution in [-0.4, -0.2) is 17.3 Å². The monoisotopic (exact) mass is 323 g/mol. The van der Waals surface area contributed by atoms with Crippen molar-refractivity contribution in [3.8, 4) is 0 Å². The largest absolute Gasteiger partial charge is 0.349 e. The molecule has 1 aromatic rings. The van der Waals surface area contributed by atoms with Crippen LogP contribution < -0.4 is 5.32 Å². The Balaban J connectivity index is 1.99. The fraction of sp³-hybridized carbons (Fsp3) is 0.562. The molecule has 0 radical (unpaired) electrons. The van der Waals surface area contributed by atoms with E-state index in [0.717, 1.165) is 17.3 Å². The summed E-state index contributed by atoms with van der Waals surface area (Å²) in [5.74, 6) is 1.15. The van der Waals surface area contributed by atoms with Crippen molar-refractivity contribution in [1.82, 2.24) is 5.32 Å². The molecule has 0 spiro atoms. The van der Waals surface area contributed by atoms with Crippen molar-refractivity contribution in [3.63, 3.8) is 0 Å². The van der Waals surface area contributed by atoms with Gasteiger partial charge in [0.1, 0.15) is 0 Å². The lowest BCUT2D eigenvalue weighted by Gasteiger charge is -2.19. The molecule has 0 heterocycles. The van der Waals surface area contributed by atoms with Crippen molar-refractivity contribution < 1.29 is 4.79 Å². The van der Waals surface area contributed by atoms with Gasteiger partial charge < -0.3 is 5.32 Å². The molecule has 1 amide bonds. The summed E-state index contributed by atoms with van der Waals surface area (Å²) in [6.45, 7) is 4.32. The van der Waals surface area contributed by atoms with Gasteiger partial charge in [0.25, 0.3) is 5.91 Å². The molecule has 2 unspecified atom stereocenters. The summed E-state index contributed by atoms with van der Waals surface area (Å²) in [5.41, 5.74) is 2.04. The Morgan fingerprint density at radius 2 is 2.00 bits per heavy atom. The molecule has 2 rings (SSSR count). The third kappa shape index (κ3) is 3.59. The molecule has 1 fully saturated rings. The molecule has 1 aliphatic carbocycles. The highest BCUT2D eigenvalue weighted by Crippen LogP contribution is 2.27. The molecule has 1 aromatic carbocycles. The Morgan fingerprint density at radius 1 is 1.32 bits per heavy atom. The van der Waals surface area contributed by atoms with Crippen molar-refractivity contribution in [2.24, 2.45) is 5.92 Å². The summed E-state index contributed by atoms with van der Waals surface area (Å²) < 4.78 is 0. The summed E-state index contributed by atoms with van der Waals surface area (Å²) in [4.78, 5) is 12.2. The maximum Gasteiger partial charge on any atom is 0.251 e. The standard InChI is InChI=1S/C16H22BrNO/c1-11(2)12-6-8-13(9-7-12)16(19)18-15-5-3-4-14(15)10-17/h6-9,11,14-15H,3-5,10H2,1-2H3,(H,18,19). The number of nitrogens with one attached hydrogen (secondary N) is 1. The average molecular weight is 324 g/mol. The van der Waals surface area contributed by atoms with Crippen molar-refractivity contribution in [2.45, 2.75) is 45.1 Å². The maximum absolute atomic E-state index is 12.2. The van der Waals surface area contributed by atoms with Gasteiger partial charge in [-0.2, -0.15) is 0 Å². The Labute approximate surface area is 124 Å². The smallest absolute Gasteiger partial charge is 0.251 e. The van der Waals surface area contributed by atoms with E-state index in [1.54, 1.807) is 0 Å². The van der Waals surface area contributed by atoms with E-state index in [4.69, 9.17) is 0 Å². The van der Waals surface area contributed by atoms with Crippen molar-refractivity contribution in [1.29, 1.82) is 0 Å². The van der Waals surface area contributed by atoms with Gasteiger partial charge in [-0.3, -0.25) is 4.79 Å². The van der Waals surface area contributed by atoms with Crippen LogP contribution in [0, 0.1) is 5.92 Å². The number of hydrogen-bond donors (Lipinski definition) is 1. The van der Waals surface area contributed by atoms with E-state index in [0.29, 0.717) is 17.9 Å². The second-order valence-corrected chi connectivity index (χ2v) is 6.35. The van der Waals surface area contributed by atoms with Gasteiger partial charge in [0.15, 0.2) is 0 Å². The average Bonchev–Trinajstić information content (AvgIpc) is 2.86. The lowest BCUT2D eigenvalue weighted by atomic mass is 10.0. The first-order chi connectivity index (χ1) is 9.11. The van der Waals surface area contributed by atoms with Crippen molar-refractivity contribution in [3.05, 3.63) is 35.4 Å². The van der Waals surface area contributed by atoms with Gasteiger partial charge in [-0.1, -0.05) is 48.3 Å². The van der Waals surface area contributed by atoms with Gasteiger partial charge in [0.2, 0.25) is 0 Å². The van der Waals surface area contributed by atoms with Crippen LogP contribution in [0.5, 0.6) is 0 Å². The predicted molar refractivity (Wildman–Crippen MR) is 82.9 cm³/mol. The molecule has 104 valence electrons. The highest BCUT2D eigenvalue weighted by atomic mass is 79.9. The second kappa shape index (κ2) is 6.56. The normalized spacial score (nSPS) is 22.7. The lowest BCUT2D eigenvalue weighted by Crippen LogP contribution is -2.37. The molecule has 0 saturated heterocycles. The summed E-state index contributed by atoms with van der Waals surface area (Å²) in [6.07, 6.45) is 3.53. The molecule has 1 aliphatic rings. The molecule has 19 heavy (non-hydrogen) atoms. The summed E-state index contributed by atoms with van der Waals surface area (Å²) in [6, 6.07) is 8.30. The molecule has 0 bridgehead atoms. The van der Waals surface area contributed by atoms with Crippen LogP contribution in [0.25, 0.3) is 0 Å². The Bertz CT molecular complexity index is 427. The molecule has 1 saturated carbocycles. The number of carbonyl (C=O) groups is 1.